The molecule has 31 heavy (non-hydrogen) atoms. The topological polar surface area (TPSA) is 76.2 Å². The molecule has 1 N–H and O–H groups in total. The first-order chi connectivity index (χ1) is 15.0. The Morgan fingerprint density at radius 3 is 2.77 bits per heavy atom. The Labute approximate surface area is 184 Å². The summed E-state index contributed by atoms with van der Waals surface area (Å²) >= 11 is 1.53. The number of aromatic nitrogens is 4. The molecule has 5 rings (SSSR count). The van der Waals surface area contributed by atoms with E-state index in [4.69, 9.17) is 4.74 Å². The Balaban J connectivity index is 1.36. The third kappa shape index (κ3) is 3.84. The number of pyridine rings is 1. The number of ether oxygens (including phenoxy) is 1. The van der Waals surface area contributed by atoms with E-state index in [0.717, 1.165) is 27.7 Å². The predicted molar refractivity (Wildman–Crippen MR) is 119 cm³/mol. The second-order valence-electron chi connectivity index (χ2n) is 8.16. The number of thiazole rings is 1. The monoisotopic (exact) mass is 438 g/mol. The van der Waals surface area contributed by atoms with Crippen LogP contribution in [0.4, 0.5) is 0 Å². The smallest absolute Gasteiger partial charge is 0.274 e. The van der Waals surface area contributed by atoms with Crippen molar-refractivity contribution >= 4 is 27.9 Å². The molecular weight excluding hydrogens is 412 g/mol. The average molecular weight is 439 g/mol. The average Bonchev–Trinajstić information content (AvgIpc) is 3.42. The van der Waals surface area contributed by atoms with Crippen LogP contribution in [-0.2, 0) is 17.8 Å². The van der Waals surface area contributed by atoms with E-state index in [1.165, 1.54) is 11.3 Å². The van der Waals surface area contributed by atoms with Gasteiger partial charge in [0.15, 0.2) is 10.7 Å². The first-order valence-corrected chi connectivity index (χ1v) is 11.4. The van der Waals surface area contributed by atoms with Gasteiger partial charge in [0.2, 0.25) is 0 Å². The maximum atomic E-state index is 13.3. The molecule has 162 valence electrons. The summed E-state index contributed by atoms with van der Waals surface area (Å²) in [4.78, 5) is 25.4. The number of aryl methyl sites for hydroxylation is 1. The van der Waals surface area contributed by atoms with E-state index in [-0.39, 0.29) is 18.1 Å². The summed E-state index contributed by atoms with van der Waals surface area (Å²) in [6.07, 6.45) is 4.07. The minimum atomic E-state index is -0.0296. The largest absolute Gasteiger partial charge is 0.372 e. The molecule has 1 fully saturated rings. The van der Waals surface area contributed by atoms with E-state index in [1.54, 1.807) is 0 Å². The van der Waals surface area contributed by atoms with Crippen molar-refractivity contribution < 1.29 is 9.53 Å². The minimum Gasteiger partial charge on any atom is -0.372 e. The molecule has 0 bridgehead atoms. The van der Waals surface area contributed by atoms with Crippen LogP contribution < -0.4 is 5.32 Å². The summed E-state index contributed by atoms with van der Waals surface area (Å²) in [7, 11) is 0. The maximum absolute atomic E-state index is 13.3. The van der Waals surface area contributed by atoms with Gasteiger partial charge in [0, 0.05) is 49.6 Å². The molecule has 0 spiro atoms. The van der Waals surface area contributed by atoms with Crippen molar-refractivity contribution in [3.05, 3.63) is 58.7 Å². The Kier molecular flexibility index (Phi) is 5.25. The zero-order valence-electron chi connectivity index (χ0n) is 17.9. The highest BCUT2D eigenvalue weighted by molar-refractivity contribution is 7.15. The quantitative estimate of drug-likeness (QED) is 0.519. The van der Waals surface area contributed by atoms with Gasteiger partial charge >= 0.3 is 0 Å². The first kappa shape index (κ1) is 20.2. The van der Waals surface area contributed by atoms with Crippen LogP contribution in [0, 0.1) is 6.92 Å². The van der Waals surface area contributed by atoms with Crippen LogP contribution in [0.2, 0.25) is 0 Å². The summed E-state index contributed by atoms with van der Waals surface area (Å²) in [6, 6.07) is 6.08. The lowest BCUT2D eigenvalue weighted by Crippen LogP contribution is -2.48. The molecule has 1 aliphatic heterocycles. The molecule has 0 saturated carbocycles. The van der Waals surface area contributed by atoms with E-state index in [0.29, 0.717) is 31.9 Å². The fraction of sp³-hybridized carbons (Fsp3) is 0.409. The molecule has 0 aliphatic carbocycles. The number of nitrogens with zero attached hydrogens (tertiary/aromatic N) is 5. The molecule has 8 nitrogen and oxygen atoms in total. The van der Waals surface area contributed by atoms with Crippen molar-refractivity contribution in [1.82, 2.24) is 29.0 Å². The third-order valence-corrected chi connectivity index (χ3v) is 6.37. The normalized spacial score (nSPS) is 19.5. The number of morpholine rings is 1. The molecular formula is C22H26N6O2S. The van der Waals surface area contributed by atoms with Crippen molar-refractivity contribution in [3.8, 4) is 0 Å². The Bertz CT molecular complexity index is 1230. The Morgan fingerprint density at radius 1 is 1.19 bits per heavy atom. The zero-order valence-corrected chi connectivity index (χ0v) is 18.7. The molecule has 4 aromatic heterocycles. The van der Waals surface area contributed by atoms with Crippen molar-refractivity contribution in [1.29, 1.82) is 0 Å². The van der Waals surface area contributed by atoms with Crippen molar-refractivity contribution in [2.45, 2.75) is 46.1 Å². The van der Waals surface area contributed by atoms with Crippen LogP contribution in [0.25, 0.3) is 10.6 Å². The van der Waals surface area contributed by atoms with Crippen molar-refractivity contribution in [3.63, 3.8) is 0 Å². The standard InChI is InChI=1S/C22H26N6O2S/c1-14-5-4-6-19-24-17(13-28(14)19)9-23-10-18-20(25-22-27(18)7-8-31-22)21(29)26-11-15(2)30-16(3)12-26/h4-8,13,15-16,23H,9-12H2,1-3H3/t15-,16+. The number of hydrogen-bond acceptors (Lipinski definition) is 6. The molecule has 2 atom stereocenters. The lowest BCUT2D eigenvalue weighted by atomic mass is 10.2. The first-order valence-electron chi connectivity index (χ1n) is 10.5. The predicted octanol–water partition coefficient (Wildman–Crippen LogP) is 2.89. The van der Waals surface area contributed by atoms with E-state index in [9.17, 15) is 4.79 Å². The van der Waals surface area contributed by atoms with E-state index >= 15 is 0 Å². The summed E-state index contributed by atoms with van der Waals surface area (Å²) < 4.78 is 9.88. The highest BCUT2D eigenvalue weighted by Gasteiger charge is 2.30. The van der Waals surface area contributed by atoms with Gasteiger partial charge in [-0.25, -0.2) is 9.97 Å². The number of imidazole rings is 2. The van der Waals surface area contributed by atoms with Gasteiger partial charge in [0.05, 0.1) is 23.6 Å². The van der Waals surface area contributed by atoms with Crippen LogP contribution in [0.5, 0.6) is 0 Å². The molecule has 4 aromatic rings. The lowest BCUT2D eigenvalue weighted by molar-refractivity contribution is -0.0587. The van der Waals surface area contributed by atoms with Crippen LogP contribution in [-0.4, -0.2) is 54.9 Å². The lowest BCUT2D eigenvalue weighted by Gasteiger charge is -2.35. The SMILES string of the molecule is Cc1cccc2nc(CNCc3c(C(=O)N4C[C@@H](C)O[C@@H](C)C4)nc4sccn34)cn12. The number of nitrogens with one attached hydrogen (secondary N) is 1. The number of carbonyl (C=O) groups is 1. The Morgan fingerprint density at radius 2 is 2.00 bits per heavy atom. The van der Waals surface area contributed by atoms with Crippen molar-refractivity contribution in [2.75, 3.05) is 13.1 Å². The van der Waals surface area contributed by atoms with Gasteiger partial charge in [-0.2, -0.15) is 0 Å². The van der Waals surface area contributed by atoms with Crippen LogP contribution in [0.1, 0.15) is 41.4 Å². The Hall–Kier alpha value is -2.75. The van der Waals surface area contributed by atoms with Gasteiger partial charge in [0.25, 0.3) is 5.91 Å². The molecule has 0 aromatic carbocycles. The fourth-order valence-electron chi connectivity index (χ4n) is 4.26. The summed E-state index contributed by atoms with van der Waals surface area (Å²) in [5.41, 5.74) is 4.45. The van der Waals surface area contributed by atoms with Crippen LogP contribution in [0.15, 0.2) is 36.0 Å². The van der Waals surface area contributed by atoms with Crippen LogP contribution in [0.3, 0.4) is 0 Å². The second kappa shape index (κ2) is 8.07. The number of hydrogen-bond donors (Lipinski definition) is 1. The maximum Gasteiger partial charge on any atom is 0.274 e. The molecule has 1 saturated heterocycles. The molecule has 0 radical (unpaired) electrons. The van der Waals surface area contributed by atoms with Gasteiger partial charge in [-0.1, -0.05) is 6.07 Å². The van der Waals surface area contributed by atoms with E-state index in [2.05, 4.69) is 38.9 Å². The van der Waals surface area contributed by atoms with E-state index < -0.39 is 0 Å². The van der Waals surface area contributed by atoms with Gasteiger partial charge < -0.3 is 19.4 Å². The van der Waals surface area contributed by atoms with Crippen LogP contribution >= 0.6 is 11.3 Å². The highest BCUT2D eigenvalue weighted by Crippen LogP contribution is 2.21. The number of amides is 1. The van der Waals surface area contributed by atoms with Gasteiger partial charge in [-0.15, -0.1) is 11.3 Å². The van der Waals surface area contributed by atoms with E-state index in [1.807, 2.05) is 46.9 Å². The minimum absolute atomic E-state index is 0.0245. The number of rotatable bonds is 5. The summed E-state index contributed by atoms with van der Waals surface area (Å²) in [6.45, 7) is 8.38. The summed E-state index contributed by atoms with van der Waals surface area (Å²) in [5, 5.41) is 5.44. The highest BCUT2D eigenvalue weighted by atomic mass is 32.1. The molecule has 1 amide bonds. The zero-order chi connectivity index (χ0) is 21.5. The molecule has 5 heterocycles. The number of carbonyl (C=O) groups excluding carboxylic acids is 1. The van der Waals surface area contributed by atoms with Gasteiger partial charge in [-0.05, 0) is 32.9 Å². The van der Waals surface area contributed by atoms with Gasteiger partial charge in [0.1, 0.15) is 5.65 Å². The molecule has 9 heteroatoms. The van der Waals surface area contributed by atoms with Gasteiger partial charge in [-0.3, -0.25) is 9.20 Å². The second-order valence-corrected chi connectivity index (χ2v) is 9.03. The third-order valence-electron chi connectivity index (χ3n) is 5.61. The number of fused-ring (bicyclic) bond motifs is 2. The summed E-state index contributed by atoms with van der Waals surface area (Å²) in [5.74, 6) is -0.0296. The fourth-order valence-corrected chi connectivity index (χ4v) is 4.99. The van der Waals surface area contributed by atoms with Crippen molar-refractivity contribution in [2.24, 2.45) is 0 Å². The molecule has 0 unspecified atom stereocenters. The molecule has 1 aliphatic rings.